The van der Waals surface area contributed by atoms with Crippen LogP contribution in [0.2, 0.25) is 0 Å². The monoisotopic (exact) mass is 430 g/mol. The van der Waals surface area contributed by atoms with Crippen molar-refractivity contribution in [1.82, 2.24) is 10.6 Å². The van der Waals surface area contributed by atoms with Crippen LogP contribution in [0.3, 0.4) is 0 Å². The maximum atomic E-state index is 12.7. The molecule has 0 heterocycles. The van der Waals surface area contributed by atoms with E-state index in [1.165, 1.54) is 14.2 Å². The zero-order valence-corrected chi connectivity index (χ0v) is 18.6. The number of amides is 2. The van der Waals surface area contributed by atoms with Crippen molar-refractivity contribution >= 4 is 11.8 Å². The Labute approximate surface area is 182 Å². The Bertz CT molecular complexity index is 845. The lowest BCUT2D eigenvalue weighted by Gasteiger charge is -2.22. The smallest absolute Gasteiger partial charge is 0.252 e. The van der Waals surface area contributed by atoms with E-state index < -0.39 is 6.04 Å². The Morgan fingerprint density at radius 1 is 0.839 bits per heavy atom. The molecule has 168 valence electrons. The van der Waals surface area contributed by atoms with Crippen molar-refractivity contribution in [1.29, 1.82) is 0 Å². The molecule has 0 aliphatic carbocycles. The molecule has 0 spiro atoms. The van der Waals surface area contributed by atoms with Gasteiger partial charge in [-0.05, 0) is 42.3 Å². The molecule has 2 rings (SSSR count). The quantitative estimate of drug-likeness (QED) is 0.532. The maximum absolute atomic E-state index is 12.7. The highest BCUT2D eigenvalue weighted by molar-refractivity contribution is 5.98. The van der Waals surface area contributed by atoms with Crippen LogP contribution in [0.5, 0.6) is 23.0 Å². The minimum Gasteiger partial charge on any atom is -0.497 e. The third-order valence-corrected chi connectivity index (χ3v) is 4.58. The molecule has 0 radical (unpaired) electrons. The van der Waals surface area contributed by atoms with Crippen molar-refractivity contribution in [2.45, 2.75) is 19.9 Å². The van der Waals surface area contributed by atoms with Gasteiger partial charge in [-0.2, -0.15) is 0 Å². The molecule has 0 saturated carbocycles. The van der Waals surface area contributed by atoms with Crippen molar-refractivity contribution in [3.63, 3.8) is 0 Å². The number of methoxy groups -OCH3 is 3. The SMILES string of the molecule is COc1ccc(OCCNC(=O)[C@@H](NC(=O)c2cc(OC)cc(OC)c2)C(C)C)cc1. The number of nitrogens with one attached hydrogen (secondary N) is 2. The summed E-state index contributed by atoms with van der Waals surface area (Å²) < 4.78 is 21.1. The van der Waals surface area contributed by atoms with Gasteiger partial charge in [0.25, 0.3) is 5.91 Å². The molecule has 0 unspecified atom stereocenters. The molecule has 2 N–H and O–H groups in total. The largest absolute Gasteiger partial charge is 0.497 e. The Kier molecular flexibility index (Phi) is 8.99. The number of ether oxygens (including phenoxy) is 4. The van der Waals surface area contributed by atoms with Gasteiger partial charge in [0.1, 0.15) is 35.6 Å². The van der Waals surface area contributed by atoms with E-state index in [0.717, 1.165) is 5.75 Å². The molecule has 0 bridgehead atoms. The number of rotatable bonds is 11. The standard InChI is InChI=1S/C23H30N2O6/c1-15(2)21(25-22(26)16-12-19(29-4)14-20(13-16)30-5)23(27)24-10-11-31-18-8-6-17(28-3)7-9-18/h6-9,12-15,21H,10-11H2,1-5H3,(H,24,27)(H,25,26)/t21-/m0/s1. The van der Waals surface area contributed by atoms with Gasteiger partial charge in [-0.3, -0.25) is 9.59 Å². The van der Waals surface area contributed by atoms with Crippen LogP contribution in [0.1, 0.15) is 24.2 Å². The molecule has 0 aromatic heterocycles. The van der Waals surface area contributed by atoms with Crippen molar-refractivity contribution in [3.8, 4) is 23.0 Å². The Morgan fingerprint density at radius 2 is 1.39 bits per heavy atom. The fraction of sp³-hybridized carbons (Fsp3) is 0.391. The number of carbonyl (C=O) groups is 2. The third kappa shape index (κ3) is 7.09. The summed E-state index contributed by atoms with van der Waals surface area (Å²) in [5, 5.41) is 5.60. The van der Waals surface area contributed by atoms with E-state index in [1.54, 1.807) is 49.6 Å². The van der Waals surface area contributed by atoms with E-state index in [2.05, 4.69) is 10.6 Å². The molecule has 2 aromatic rings. The van der Waals surface area contributed by atoms with Crippen LogP contribution in [-0.4, -0.2) is 52.3 Å². The molecule has 0 aliphatic heterocycles. The number of hydrogen-bond donors (Lipinski definition) is 2. The number of hydrogen-bond acceptors (Lipinski definition) is 6. The molecule has 31 heavy (non-hydrogen) atoms. The highest BCUT2D eigenvalue weighted by Gasteiger charge is 2.25. The van der Waals surface area contributed by atoms with Gasteiger partial charge in [0.15, 0.2) is 0 Å². The molecule has 2 aromatic carbocycles. The fourth-order valence-electron chi connectivity index (χ4n) is 2.82. The average Bonchev–Trinajstić information content (AvgIpc) is 2.79. The summed E-state index contributed by atoms with van der Waals surface area (Å²) in [6, 6.07) is 11.3. The van der Waals surface area contributed by atoms with Gasteiger partial charge in [-0.15, -0.1) is 0 Å². The van der Waals surface area contributed by atoms with E-state index in [1.807, 2.05) is 13.8 Å². The molecular weight excluding hydrogens is 400 g/mol. The Morgan fingerprint density at radius 3 is 1.90 bits per heavy atom. The topological polar surface area (TPSA) is 95.1 Å². The average molecular weight is 431 g/mol. The first-order valence-corrected chi connectivity index (χ1v) is 9.96. The van der Waals surface area contributed by atoms with Crippen LogP contribution < -0.4 is 29.6 Å². The van der Waals surface area contributed by atoms with Crippen molar-refractivity contribution in [2.24, 2.45) is 5.92 Å². The summed E-state index contributed by atoms with van der Waals surface area (Å²) >= 11 is 0. The highest BCUT2D eigenvalue weighted by atomic mass is 16.5. The maximum Gasteiger partial charge on any atom is 0.252 e. The van der Waals surface area contributed by atoms with Gasteiger partial charge in [-0.1, -0.05) is 13.8 Å². The van der Waals surface area contributed by atoms with Gasteiger partial charge < -0.3 is 29.6 Å². The van der Waals surface area contributed by atoms with Crippen LogP contribution in [0.25, 0.3) is 0 Å². The van der Waals surface area contributed by atoms with Gasteiger partial charge in [0.05, 0.1) is 27.9 Å². The Hall–Kier alpha value is -3.42. The summed E-state index contributed by atoms with van der Waals surface area (Å²) in [4.78, 5) is 25.4. The van der Waals surface area contributed by atoms with Crippen LogP contribution in [0.4, 0.5) is 0 Å². The lowest BCUT2D eigenvalue weighted by atomic mass is 10.0. The van der Waals surface area contributed by atoms with Gasteiger partial charge >= 0.3 is 0 Å². The third-order valence-electron chi connectivity index (χ3n) is 4.58. The summed E-state index contributed by atoms with van der Waals surface area (Å²) in [5.74, 6) is 1.62. The second-order valence-corrected chi connectivity index (χ2v) is 7.11. The first kappa shape index (κ1) is 23.9. The lowest BCUT2D eigenvalue weighted by molar-refractivity contribution is -0.124. The Balaban J connectivity index is 1.92. The fourth-order valence-corrected chi connectivity index (χ4v) is 2.82. The first-order valence-electron chi connectivity index (χ1n) is 9.96. The van der Waals surface area contributed by atoms with Crippen molar-refractivity contribution in [3.05, 3.63) is 48.0 Å². The van der Waals surface area contributed by atoms with E-state index in [-0.39, 0.29) is 17.7 Å². The first-order chi connectivity index (χ1) is 14.9. The lowest BCUT2D eigenvalue weighted by Crippen LogP contribution is -2.50. The van der Waals surface area contributed by atoms with Crippen LogP contribution in [0, 0.1) is 5.92 Å². The highest BCUT2D eigenvalue weighted by Crippen LogP contribution is 2.22. The predicted octanol–water partition coefficient (Wildman–Crippen LogP) is 2.66. The minimum atomic E-state index is -0.703. The van der Waals surface area contributed by atoms with Gasteiger partial charge in [0.2, 0.25) is 5.91 Å². The second kappa shape index (κ2) is 11.7. The summed E-state index contributed by atoms with van der Waals surface area (Å²) in [6.45, 7) is 4.33. The molecule has 2 amide bonds. The van der Waals surface area contributed by atoms with E-state index in [4.69, 9.17) is 18.9 Å². The predicted molar refractivity (Wildman–Crippen MR) is 117 cm³/mol. The van der Waals surface area contributed by atoms with Gasteiger partial charge in [-0.25, -0.2) is 0 Å². The van der Waals surface area contributed by atoms with E-state index >= 15 is 0 Å². The molecule has 8 heteroatoms. The zero-order chi connectivity index (χ0) is 22.8. The van der Waals surface area contributed by atoms with Crippen LogP contribution >= 0.6 is 0 Å². The van der Waals surface area contributed by atoms with Crippen molar-refractivity contribution in [2.75, 3.05) is 34.5 Å². The van der Waals surface area contributed by atoms with Crippen molar-refractivity contribution < 1.29 is 28.5 Å². The normalized spacial score (nSPS) is 11.4. The minimum absolute atomic E-state index is 0.112. The molecule has 0 aliphatic rings. The second-order valence-electron chi connectivity index (χ2n) is 7.11. The summed E-state index contributed by atoms with van der Waals surface area (Å²) in [7, 11) is 4.61. The molecule has 1 atom stereocenters. The van der Waals surface area contributed by atoms with E-state index in [9.17, 15) is 9.59 Å². The van der Waals surface area contributed by atoms with E-state index in [0.29, 0.717) is 36.0 Å². The molecule has 8 nitrogen and oxygen atoms in total. The molecule has 0 saturated heterocycles. The number of benzene rings is 2. The zero-order valence-electron chi connectivity index (χ0n) is 18.6. The van der Waals surface area contributed by atoms with Gasteiger partial charge in [0, 0.05) is 11.6 Å². The summed E-state index contributed by atoms with van der Waals surface area (Å²) in [6.07, 6.45) is 0. The summed E-state index contributed by atoms with van der Waals surface area (Å²) in [5.41, 5.74) is 0.345. The van der Waals surface area contributed by atoms with Crippen LogP contribution in [0.15, 0.2) is 42.5 Å². The number of carbonyl (C=O) groups excluding carboxylic acids is 2. The van der Waals surface area contributed by atoms with Crippen LogP contribution in [-0.2, 0) is 4.79 Å². The molecular formula is C23H30N2O6. The molecule has 0 fully saturated rings.